The molecule has 0 saturated carbocycles. The van der Waals surface area contributed by atoms with Crippen LogP contribution in [0.4, 0.5) is 0 Å². The molecule has 0 radical (unpaired) electrons. The minimum atomic E-state index is 0.727. The highest BCUT2D eigenvalue weighted by atomic mass is 32.2. The van der Waals surface area contributed by atoms with Crippen LogP contribution in [0.5, 0.6) is 11.5 Å². The van der Waals surface area contributed by atoms with Gasteiger partial charge in [0, 0.05) is 23.1 Å². The molecule has 0 amide bonds. The zero-order valence-electron chi connectivity index (χ0n) is 13.6. The van der Waals surface area contributed by atoms with Crippen LogP contribution in [0.2, 0.25) is 0 Å². The summed E-state index contributed by atoms with van der Waals surface area (Å²) in [6, 6.07) is 5.85. The number of hydrogen-bond acceptors (Lipinski definition) is 5. The zero-order valence-corrected chi connectivity index (χ0v) is 14.5. The number of aromatic amines is 1. The Morgan fingerprint density at radius 2 is 2.00 bits per heavy atom. The fourth-order valence-corrected chi connectivity index (χ4v) is 3.47. The van der Waals surface area contributed by atoms with Crippen LogP contribution >= 0.6 is 11.8 Å². The van der Waals surface area contributed by atoms with Crippen molar-refractivity contribution in [2.75, 3.05) is 14.2 Å². The van der Waals surface area contributed by atoms with Gasteiger partial charge >= 0.3 is 0 Å². The van der Waals surface area contributed by atoms with Crippen molar-refractivity contribution in [1.82, 2.24) is 15.0 Å². The number of benzene rings is 1. The second-order valence-corrected chi connectivity index (χ2v) is 6.20. The second kappa shape index (κ2) is 6.50. The summed E-state index contributed by atoms with van der Waals surface area (Å²) in [5.41, 5.74) is 4.95. The molecular formula is C17H19N3O2S. The van der Waals surface area contributed by atoms with Crippen LogP contribution in [0, 0.1) is 13.8 Å². The Balaban J connectivity index is 1.84. The van der Waals surface area contributed by atoms with Gasteiger partial charge in [-0.3, -0.25) is 4.98 Å². The third-order valence-electron chi connectivity index (χ3n) is 3.77. The number of thioether (sulfide) groups is 1. The number of methoxy groups -OCH3 is 2. The van der Waals surface area contributed by atoms with E-state index < -0.39 is 0 Å². The Morgan fingerprint density at radius 1 is 1.17 bits per heavy atom. The van der Waals surface area contributed by atoms with E-state index in [1.807, 2.05) is 38.2 Å². The smallest absolute Gasteiger partial charge is 0.166 e. The number of rotatable bonds is 5. The van der Waals surface area contributed by atoms with Crippen LogP contribution in [0.15, 0.2) is 29.6 Å². The van der Waals surface area contributed by atoms with Gasteiger partial charge in [-0.1, -0.05) is 17.8 Å². The predicted molar refractivity (Wildman–Crippen MR) is 92.5 cm³/mol. The van der Waals surface area contributed by atoms with E-state index in [1.165, 1.54) is 0 Å². The van der Waals surface area contributed by atoms with Crippen molar-refractivity contribution in [3.8, 4) is 11.5 Å². The van der Waals surface area contributed by atoms with Crippen molar-refractivity contribution in [2.24, 2.45) is 0 Å². The Bertz CT molecular complexity index is 845. The van der Waals surface area contributed by atoms with Gasteiger partial charge in [-0.15, -0.1) is 0 Å². The van der Waals surface area contributed by atoms with Gasteiger partial charge in [0.2, 0.25) is 0 Å². The number of aromatic nitrogens is 3. The summed E-state index contributed by atoms with van der Waals surface area (Å²) in [6.07, 6.45) is 1.85. The number of aryl methyl sites for hydroxylation is 1. The third-order valence-corrected chi connectivity index (χ3v) is 4.65. The number of H-pyrrole nitrogens is 1. The first-order valence-corrected chi connectivity index (χ1v) is 8.27. The largest absolute Gasteiger partial charge is 0.496 e. The lowest BCUT2D eigenvalue weighted by Crippen LogP contribution is -1.98. The molecule has 2 aromatic heterocycles. The molecular weight excluding hydrogens is 310 g/mol. The topological polar surface area (TPSA) is 60.0 Å². The molecule has 0 unspecified atom stereocenters. The molecule has 0 saturated heterocycles. The minimum absolute atomic E-state index is 0.727. The second-order valence-electron chi connectivity index (χ2n) is 5.23. The molecule has 6 heteroatoms. The lowest BCUT2D eigenvalue weighted by Gasteiger charge is -2.11. The van der Waals surface area contributed by atoms with Crippen LogP contribution in [-0.4, -0.2) is 29.2 Å². The number of pyridine rings is 1. The van der Waals surface area contributed by atoms with Gasteiger partial charge in [-0.05, 0) is 26.0 Å². The molecule has 0 aliphatic heterocycles. The summed E-state index contributed by atoms with van der Waals surface area (Å²) in [5, 5.41) is 0.852. The van der Waals surface area contributed by atoms with Crippen LogP contribution in [-0.2, 0) is 5.75 Å². The molecule has 0 spiro atoms. The van der Waals surface area contributed by atoms with Gasteiger partial charge in [0.05, 0.1) is 25.4 Å². The molecule has 120 valence electrons. The molecule has 0 aliphatic rings. The van der Waals surface area contributed by atoms with E-state index in [1.54, 1.807) is 26.0 Å². The number of nitrogens with zero attached hydrogens (tertiary/aromatic N) is 2. The van der Waals surface area contributed by atoms with E-state index in [0.29, 0.717) is 0 Å². The lowest BCUT2D eigenvalue weighted by molar-refractivity contribution is 0.407. The van der Waals surface area contributed by atoms with Crippen LogP contribution < -0.4 is 9.47 Å². The molecule has 2 heterocycles. The van der Waals surface area contributed by atoms with Crippen LogP contribution in [0.25, 0.3) is 11.0 Å². The maximum atomic E-state index is 5.46. The quantitative estimate of drug-likeness (QED) is 0.720. The standard InChI is InChI=1S/C17H19N3O2S/c1-10-8-18-13(11(2)16(10)22-4)9-23-17-19-12-6-5-7-14(21-3)15(12)20-17/h5-8H,9H2,1-4H3,(H,19,20). The van der Waals surface area contributed by atoms with Crippen LogP contribution in [0.1, 0.15) is 16.8 Å². The maximum absolute atomic E-state index is 5.46. The van der Waals surface area contributed by atoms with Gasteiger partial charge in [0.15, 0.2) is 5.16 Å². The van der Waals surface area contributed by atoms with E-state index in [9.17, 15) is 0 Å². The molecule has 0 bridgehead atoms. The SMILES string of the molecule is COc1c(C)cnc(CSc2nc3c(OC)cccc3[nH]2)c1C. The van der Waals surface area contributed by atoms with Gasteiger partial charge in [0.25, 0.3) is 0 Å². The van der Waals surface area contributed by atoms with Crippen molar-refractivity contribution in [3.63, 3.8) is 0 Å². The van der Waals surface area contributed by atoms with Gasteiger partial charge in [-0.25, -0.2) is 4.98 Å². The van der Waals surface area contributed by atoms with Crippen LogP contribution in [0.3, 0.4) is 0 Å². The zero-order chi connectivity index (χ0) is 16.4. The number of nitrogens with one attached hydrogen (secondary N) is 1. The fourth-order valence-electron chi connectivity index (χ4n) is 2.57. The van der Waals surface area contributed by atoms with Gasteiger partial charge < -0.3 is 14.5 Å². The molecule has 3 aromatic rings. The average molecular weight is 329 g/mol. The maximum Gasteiger partial charge on any atom is 0.166 e. The van der Waals surface area contributed by atoms with Crippen molar-refractivity contribution in [3.05, 3.63) is 41.2 Å². The molecule has 1 N–H and O–H groups in total. The summed E-state index contributed by atoms with van der Waals surface area (Å²) in [7, 11) is 3.35. The fraction of sp³-hybridized carbons (Fsp3) is 0.294. The summed E-state index contributed by atoms with van der Waals surface area (Å²) in [5.74, 6) is 2.41. The molecule has 3 rings (SSSR count). The summed E-state index contributed by atoms with van der Waals surface area (Å²) in [6.45, 7) is 4.04. The van der Waals surface area contributed by atoms with Crippen molar-refractivity contribution in [2.45, 2.75) is 24.8 Å². The lowest BCUT2D eigenvalue weighted by atomic mass is 10.1. The minimum Gasteiger partial charge on any atom is -0.496 e. The first-order chi connectivity index (χ1) is 11.1. The first kappa shape index (κ1) is 15.7. The number of imidazole rings is 1. The molecule has 0 fully saturated rings. The average Bonchev–Trinajstić information content (AvgIpc) is 2.97. The highest BCUT2D eigenvalue weighted by Gasteiger charge is 2.12. The summed E-state index contributed by atoms with van der Waals surface area (Å²) < 4.78 is 10.8. The first-order valence-electron chi connectivity index (χ1n) is 7.28. The Morgan fingerprint density at radius 3 is 2.74 bits per heavy atom. The molecule has 1 aromatic carbocycles. The number of hydrogen-bond donors (Lipinski definition) is 1. The summed E-state index contributed by atoms with van der Waals surface area (Å²) in [4.78, 5) is 12.4. The van der Waals surface area contributed by atoms with Crippen molar-refractivity contribution in [1.29, 1.82) is 0 Å². The number of ether oxygens (including phenoxy) is 2. The molecule has 0 atom stereocenters. The molecule has 5 nitrogen and oxygen atoms in total. The highest BCUT2D eigenvalue weighted by Crippen LogP contribution is 2.30. The Hall–Kier alpha value is -2.21. The Labute approximate surface area is 139 Å². The van der Waals surface area contributed by atoms with E-state index in [2.05, 4.69) is 15.0 Å². The van der Waals surface area contributed by atoms with E-state index >= 15 is 0 Å². The predicted octanol–water partition coefficient (Wildman–Crippen LogP) is 3.88. The third kappa shape index (κ3) is 2.99. The van der Waals surface area contributed by atoms with Gasteiger partial charge in [0.1, 0.15) is 17.0 Å². The highest BCUT2D eigenvalue weighted by molar-refractivity contribution is 7.98. The summed E-state index contributed by atoms with van der Waals surface area (Å²) >= 11 is 1.62. The van der Waals surface area contributed by atoms with Crippen molar-refractivity contribution >= 4 is 22.8 Å². The Kier molecular flexibility index (Phi) is 4.43. The molecule has 0 aliphatic carbocycles. The monoisotopic (exact) mass is 329 g/mol. The number of fused-ring (bicyclic) bond motifs is 1. The van der Waals surface area contributed by atoms with Gasteiger partial charge in [-0.2, -0.15) is 0 Å². The van der Waals surface area contributed by atoms with E-state index in [4.69, 9.17) is 9.47 Å². The number of para-hydroxylation sites is 1. The van der Waals surface area contributed by atoms with E-state index in [0.717, 1.165) is 50.3 Å². The normalized spacial score (nSPS) is 11.0. The van der Waals surface area contributed by atoms with E-state index in [-0.39, 0.29) is 0 Å². The van der Waals surface area contributed by atoms with Crippen molar-refractivity contribution < 1.29 is 9.47 Å². The molecule has 23 heavy (non-hydrogen) atoms.